The van der Waals surface area contributed by atoms with Crippen molar-refractivity contribution in [2.75, 3.05) is 18.9 Å². The molecule has 0 fully saturated rings. The fourth-order valence-electron chi connectivity index (χ4n) is 3.29. The Labute approximate surface area is 251 Å². The molecule has 3 N–H and O–H groups in total. The largest absolute Gasteiger partial charge is 0.542 e. The van der Waals surface area contributed by atoms with Crippen LogP contribution in [0.15, 0.2) is 16.9 Å². The first-order chi connectivity index (χ1) is 20.1. The smallest absolute Gasteiger partial charge is 0.490 e. The summed E-state index contributed by atoms with van der Waals surface area (Å²) in [6, 6.07) is 0. The highest BCUT2D eigenvalue weighted by atomic mass is 32.2. The molecule has 0 unspecified atom stereocenters. The molecule has 0 aliphatic carbocycles. The average Bonchev–Trinajstić information content (AvgIpc) is 3.56. The second kappa shape index (κ2) is 15.7. The highest BCUT2D eigenvalue weighted by molar-refractivity contribution is 8.14. The lowest BCUT2D eigenvalue weighted by molar-refractivity contribution is -0.344. The van der Waals surface area contributed by atoms with Gasteiger partial charge in [-0.05, 0) is 56.4 Å². The molecule has 19 heteroatoms. The standard InChI is InChI=1S/C21H28N4O4S.2C2HF3O2/c1-6-14-16(18(26)28-7-2)15(24-17(14)19(27)29-21(3,4)5)11-22-10-13-12-25-8-9-30-20(25)23-13;2*3-2(4,5)1(6)7/h8,12,22H,6-7,9-11H2,1-5H3;2*(H,6,7). The van der Waals surface area contributed by atoms with Gasteiger partial charge >= 0.3 is 35.4 Å². The van der Waals surface area contributed by atoms with Gasteiger partial charge in [-0.1, -0.05) is 6.92 Å². The number of carboxylic acids is 2. The lowest BCUT2D eigenvalue weighted by Crippen LogP contribution is -2.37. The van der Waals surface area contributed by atoms with E-state index in [1.165, 1.54) is 0 Å². The summed E-state index contributed by atoms with van der Waals surface area (Å²) < 4.78 is 76.1. The van der Waals surface area contributed by atoms with Crippen LogP contribution in [0.5, 0.6) is 0 Å². The number of aromatic amines is 1. The Morgan fingerprint density at radius 1 is 1.07 bits per heavy atom. The van der Waals surface area contributed by atoms with E-state index in [2.05, 4.69) is 21.5 Å². The second-order valence-corrected chi connectivity index (χ2v) is 10.5. The fraction of sp³-hybridized carbons (Fsp3) is 0.520. The van der Waals surface area contributed by atoms with Gasteiger partial charge in [-0.25, -0.2) is 14.4 Å². The number of fused-ring (bicyclic) bond motifs is 1. The van der Waals surface area contributed by atoms with Crippen molar-refractivity contribution in [3.05, 3.63) is 34.4 Å². The van der Waals surface area contributed by atoms with Crippen LogP contribution >= 0.6 is 11.8 Å². The lowest BCUT2D eigenvalue weighted by atomic mass is 10.1. The zero-order valence-corrected chi connectivity index (χ0v) is 24.9. The maximum Gasteiger partial charge on any atom is 0.490 e. The first kappa shape index (κ1) is 38.2. The third-order valence-corrected chi connectivity index (χ3v) is 5.81. The molecule has 0 atom stereocenters. The van der Waals surface area contributed by atoms with Gasteiger partial charge in [-0.2, -0.15) is 30.9 Å². The van der Waals surface area contributed by atoms with Crippen LogP contribution in [0.3, 0.4) is 0 Å². The number of aliphatic carboxylic acids is 2. The zero-order chi connectivity index (χ0) is 34.0. The maximum absolute atomic E-state index is 12.7. The number of H-pyrrole nitrogens is 1. The number of rotatable bonds is 8. The molecule has 1 aromatic heterocycles. The van der Waals surface area contributed by atoms with E-state index in [1.807, 2.05) is 38.5 Å². The van der Waals surface area contributed by atoms with Crippen molar-refractivity contribution in [3.8, 4) is 0 Å². The van der Waals surface area contributed by atoms with Crippen molar-refractivity contribution in [3.63, 3.8) is 0 Å². The van der Waals surface area contributed by atoms with Crippen LogP contribution in [0.25, 0.3) is 0 Å². The van der Waals surface area contributed by atoms with E-state index < -0.39 is 41.8 Å². The number of aromatic nitrogens is 1. The molecule has 2 aliphatic heterocycles. The first-order valence-corrected chi connectivity index (χ1v) is 13.6. The van der Waals surface area contributed by atoms with Crippen molar-refractivity contribution in [1.29, 1.82) is 0 Å². The summed E-state index contributed by atoms with van der Waals surface area (Å²) in [7, 11) is 0. The van der Waals surface area contributed by atoms with E-state index in [9.17, 15) is 35.9 Å². The number of carbonyl (C=O) groups excluding carboxylic acids is 3. The van der Waals surface area contributed by atoms with Crippen LogP contribution in [0.1, 0.15) is 66.7 Å². The number of carbonyl (C=O) groups is 4. The number of esters is 2. The van der Waals surface area contributed by atoms with Crippen LogP contribution in [0, 0.1) is 0 Å². The summed E-state index contributed by atoms with van der Waals surface area (Å²) in [6.07, 6.45) is -5.70. The number of alkyl halides is 6. The second-order valence-electron chi connectivity index (χ2n) is 9.52. The molecule has 0 bridgehead atoms. The van der Waals surface area contributed by atoms with Gasteiger partial charge in [0.25, 0.3) is 0 Å². The number of hydrogen-bond donors (Lipinski definition) is 3. The minimum Gasteiger partial charge on any atom is -0.542 e. The van der Waals surface area contributed by atoms with Gasteiger partial charge in [0.15, 0.2) is 0 Å². The van der Waals surface area contributed by atoms with E-state index in [0.29, 0.717) is 42.0 Å². The number of nitrogens with zero attached hydrogens (tertiary/aromatic N) is 2. The normalized spacial score (nSPS) is 14.1. The van der Waals surface area contributed by atoms with Crippen LogP contribution in [0.4, 0.5) is 26.3 Å². The van der Waals surface area contributed by atoms with E-state index in [0.717, 1.165) is 16.6 Å². The predicted molar refractivity (Wildman–Crippen MR) is 142 cm³/mol. The van der Waals surface area contributed by atoms with Crippen LogP contribution < -0.4 is 10.4 Å². The number of thioether (sulfide) groups is 1. The molecule has 246 valence electrons. The third kappa shape index (κ3) is 12.0. The summed E-state index contributed by atoms with van der Waals surface area (Å²) in [5.74, 6) is -5.74. The van der Waals surface area contributed by atoms with E-state index in [4.69, 9.17) is 29.3 Å². The molecule has 0 spiro atoms. The Morgan fingerprint density at radius 3 is 2.07 bits per heavy atom. The topological polar surface area (TPSA) is 173 Å². The first-order valence-electron chi connectivity index (χ1n) is 12.6. The summed E-state index contributed by atoms with van der Waals surface area (Å²) in [5, 5.41) is 20.2. The molecule has 12 nitrogen and oxygen atoms in total. The van der Waals surface area contributed by atoms with Crippen molar-refractivity contribution in [2.24, 2.45) is 4.99 Å². The van der Waals surface area contributed by atoms with Crippen molar-refractivity contribution >= 4 is 47.0 Å². The Hall–Kier alpha value is -3.87. The quantitative estimate of drug-likeness (QED) is 0.214. The number of carboxylic acid groups (broad SMARTS) is 2. The summed E-state index contributed by atoms with van der Waals surface area (Å²) in [5.41, 5.74) is 2.22. The molecule has 0 aromatic carbocycles. The Kier molecular flexibility index (Phi) is 13.6. The SMILES string of the molecule is CCOC(=O)c1c(CNCC2=C[N+]3=CCSC3=N2)[nH]c(C(=O)OC(C)(C)C)c1CC.O=C(O)C(F)(F)F.O=C([O-])C(F)(F)F. The van der Waals surface area contributed by atoms with E-state index >= 15 is 0 Å². The Balaban J connectivity index is 0.000000574. The predicted octanol–water partition coefficient (Wildman–Crippen LogP) is 2.77. The van der Waals surface area contributed by atoms with Crippen LogP contribution in [-0.4, -0.2) is 86.8 Å². The molecule has 0 saturated heterocycles. The number of nitrogens with one attached hydrogen (secondary N) is 2. The summed E-state index contributed by atoms with van der Waals surface area (Å²) in [4.78, 5) is 50.7. The number of amidine groups is 1. The van der Waals surface area contributed by atoms with E-state index in [-0.39, 0.29) is 6.61 Å². The molecule has 3 rings (SSSR count). The molecule has 1 aromatic rings. The molecule has 0 radical (unpaired) electrons. The number of halogens is 6. The van der Waals surface area contributed by atoms with Gasteiger partial charge in [-0.3, -0.25) is 0 Å². The molecular weight excluding hydrogens is 630 g/mol. The molecular formula is C25H30F6N4O8S. The number of hydrogen-bond acceptors (Lipinski definition) is 10. The molecule has 0 amide bonds. The zero-order valence-electron chi connectivity index (χ0n) is 24.1. The highest BCUT2D eigenvalue weighted by Gasteiger charge is 2.38. The number of aliphatic imine (C=N–C) groups is 1. The maximum atomic E-state index is 12.7. The van der Waals surface area contributed by atoms with Gasteiger partial charge in [-0.15, -0.1) is 0 Å². The number of ether oxygens (including phenoxy) is 2. The minimum atomic E-state index is -5.19. The fourth-order valence-corrected chi connectivity index (χ4v) is 4.13. The monoisotopic (exact) mass is 660 g/mol. The highest BCUT2D eigenvalue weighted by Crippen LogP contribution is 2.25. The lowest BCUT2D eigenvalue weighted by Gasteiger charge is -2.19. The minimum absolute atomic E-state index is 0.260. The van der Waals surface area contributed by atoms with Crippen molar-refractivity contribution in [2.45, 2.75) is 65.5 Å². The van der Waals surface area contributed by atoms with Gasteiger partial charge in [0, 0.05) is 12.2 Å². The summed E-state index contributed by atoms with van der Waals surface area (Å²) in [6.45, 7) is 10.3. The average molecular weight is 661 g/mol. The third-order valence-electron chi connectivity index (χ3n) is 4.93. The Bertz CT molecular complexity index is 1300. The molecule has 2 aliphatic rings. The van der Waals surface area contributed by atoms with Gasteiger partial charge in [0.2, 0.25) is 5.70 Å². The molecule has 3 heterocycles. The Morgan fingerprint density at radius 2 is 1.64 bits per heavy atom. The van der Waals surface area contributed by atoms with Crippen molar-refractivity contribution < 1.29 is 69.8 Å². The van der Waals surface area contributed by atoms with Gasteiger partial charge in [0.1, 0.15) is 23.5 Å². The van der Waals surface area contributed by atoms with Crippen LogP contribution in [0.2, 0.25) is 0 Å². The van der Waals surface area contributed by atoms with Crippen LogP contribution in [-0.2, 0) is 32.0 Å². The van der Waals surface area contributed by atoms with Gasteiger partial charge < -0.3 is 34.8 Å². The van der Waals surface area contributed by atoms with E-state index in [1.54, 1.807) is 18.7 Å². The molecule has 0 saturated carbocycles. The van der Waals surface area contributed by atoms with Gasteiger partial charge in [0.05, 0.1) is 30.7 Å². The summed E-state index contributed by atoms with van der Waals surface area (Å²) >= 11 is 1.70. The molecule has 44 heavy (non-hydrogen) atoms. The van der Waals surface area contributed by atoms with Crippen molar-refractivity contribution in [1.82, 2.24) is 10.3 Å².